The van der Waals surface area contributed by atoms with Crippen LogP contribution in [0.25, 0.3) is 43.4 Å². The van der Waals surface area contributed by atoms with E-state index >= 15 is 0 Å². The summed E-state index contributed by atoms with van der Waals surface area (Å²) in [5.74, 6) is 0. The molecule has 6 rings (SSSR count). The van der Waals surface area contributed by atoms with Crippen LogP contribution in [0.15, 0.2) is 78.9 Å². The van der Waals surface area contributed by atoms with E-state index in [1.165, 1.54) is 60.1 Å². The summed E-state index contributed by atoms with van der Waals surface area (Å²) in [5, 5.41) is 8.23. The van der Waals surface area contributed by atoms with Crippen molar-refractivity contribution in [2.45, 2.75) is 26.2 Å². The van der Waals surface area contributed by atoms with Crippen LogP contribution in [0.3, 0.4) is 0 Å². The van der Waals surface area contributed by atoms with Gasteiger partial charge in [-0.05, 0) is 73.6 Å². The summed E-state index contributed by atoms with van der Waals surface area (Å²) in [7, 11) is 0. The topological polar surface area (TPSA) is 0 Å². The molecular weight excluding hydrogens is 336 g/mol. The van der Waals surface area contributed by atoms with Gasteiger partial charge in [-0.2, -0.15) is 0 Å². The van der Waals surface area contributed by atoms with Gasteiger partial charge in [-0.25, -0.2) is 0 Å². The fraction of sp³-hybridized carbons (Fsp3) is 0.143. The summed E-state index contributed by atoms with van der Waals surface area (Å²) >= 11 is 0. The minimum Gasteiger partial charge on any atom is -0.0616 e. The Morgan fingerprint density at radius 3 is 2.11 bits per heavy atom. The monoisotopic (exact) mass is 358 g/mol. The number of fused-ring (bicyclic) bond motifs is 1. The molecule has 0 saturated heterocycles. The first-order valence-corrected chi connectivity index (χ1v) is 10.0. The first-order valence-electron chi connectivity index (χ1n) is 10.0. The zero-order valence-electron chi connectivity index (χ0n) is 16.5. The predicted molar refractivity (Wildman–Crippen MR) is 121 cm³/mol. The van der Waals surface area contributed by atoms with Crippen LogP contribution in [0, 0.1) is 6.92 Å². The maximum atomic E-state index is 2.44. The summed E-state index contributed by atoms with van der Waals surface area (Å²) < 4.78 is 0. The van der Waals surface area contributed by atoms with Crippen LogP contribution < -0.4 is 0 Å². The Balaban J connectivity index is 1.74. The molecule has 0 N–H and O–H groups in total. The van der Waals surface area contributed by atoms with Gasteiger partial charge in [0.25, 0.3) is 0 Å². The average Bonchev–Trinajstić information content (AvgIpc) is 2.93. The van der Waals surface area contributed by atoms with Crippen molar-refractivity contribution in [3.63, 3.8) is 0 Å². The fourth-order valence-corrected chi connectivity index (χ4v) is 5.24. The van der Waals surface area contributed by atoms with Gasteiger partial charge in [0.1, 0.15) is 0 Å². The molecule has 1 aliphatic rings. The average molecular weight is 358 g/mol. The van der Waals surface area contributed by atoms with Crippen molar-refractivity contribution in [3.05, 3.63) is 95.6 Å². The molecule has 0 bridgehead atoms. The van der Waals surface area contributed by atoms with E-state index in [0.29, 0.717) is 0 Å². The molecule has 1 aliphatic carbocycles. The molecule has 0 heteroatoms. The Morgan fingerprint density at radius 2 is 1.29 bits per heavy atom. The third-order valence-electron chi connectivity index (χ3n) is 6.62. The number of rotatable bonds is 1. The normalized spacial score (nSPS) is 14.5. The first-order chi connectivity index (χ1) is 13.5. The minimum atomic E-state index is 0.0206. The van der Waals surface area contributed by atoms with Crippen LogP contribution in [0.2, 0.25) is 0 Å². The van der Waals surface area contributed by atoms with Crippen molar-refractivity contribution >= 4 is 32.3 Å². The van der Waals surface area contributed by atoms with Gasteiger partial charge >= 0.3 is 0 Å². The van der Waals surface area contributed by atoms with Crippen LogP contribution in [-0.2, 0) is 5.41 Å². The molecule has 0 aliphatic heterocycles. The summed E-state index contributed by atoms with van der Waals surface area (Å²) in [5.41, 5.74) is 6.93. The number of aryl methyl sites for hydroxylation is 1. The van der Waals surface area contributed by atoms with E-state index in [1.54, 1.807) is 0 Å². The Labute approximate surface area is 165 Å². The molecule has 0 heterocycles. The third-order valence-corrected chi connectivity index (χ3v) is 6.62. The van der Waals surface area contributed by atoms with E-state index in [2.05, 4.69) is 99.6 Å². The molecule has 134 valence electrons. The Bertz CT molecular complexity index is 1430. The molecule has 0 radical (unpaired) electrons. The second-order valence-corrected chi connectivity index (χ2v) is 8.75. The molecule has 0 fully saturated rings. The zero-order valence-corrected chi connectivity index (χ0v) is 16.5. The molecule has 5 aromatic carbocycles. The maximum absolute atomic E-state index is 2.44. The fourth-order valence-electron chi connectivity index (χ4n) is 5.24. The largest absolute Gasteiger partial charge is 0.0616 e. The molecule has 5 aromatic rings. The zero-order chi connectivity index (χ0) is 19.0. The SMILES string of the molecule is Cc1cc2c3c(ccc4cc(-c5cccc6ccccc56)cc(c43)C2(C)C)c1. The summed E-state index contributed by atoms with van der Waals surface area (Å²) in [4.78, 5) is 0. The van der Waals surface area contributed by atoms with Crippen LogP contribution in [0.4, 0.5) is 0 Å². The number of hydrogen-bond donors (Lipinski definition) is 0. The van der Waals surface area contributed by atoms with Gasteiger partial charge in [0.15, 0.2) is 0 Å². The lowest BCUT2D eigenvalue weighted by Gasteiger charge is -2.23. The van der Waals surface area contributed by atoms with Gasteiger partial charge in [-0.3, -0.25) is 0 Å². The molecule has 0 saturated carbocycles. The molecule has 0 spiro atoms. The molecule has 0 amide bonds. The van der Waals surface area contributed by atoms with Gasteiger partial charge in [0.05, 0.1) is 0 Å². The first kappa shape index (κ1) is 15.9. The molecular formula is C28H22. The van der Waals surface area contributed by atoms with Gasteiger partial charge < -0.3 is 0 Å². The summed E-state index contributed by atoms with van der Waals surface area (Å²) in [6.07, 6.45) is 0. The van der Waals surface area contributed by atoms with Crippen molar-refractivity contribution in [2.24, 2.45) is 0 Å². The number of benzene rings is 5. The third kappa shape index (κ3) is 1.95. The smallest absolute Gasteiger partial charge is 0.0159 e. The van der Waals surface area contributed by atoms with E-state index < -0.39 is 0 Å². The quantitative estimate of drug-likeness (QED) is 0.269. The van der Waals surface area contributed by atoms with Crippen molar-refractivity contribution in [3.8, 4) is 11.1 Å². The second kappa shape index (κ2) is 5.23. The highest BCUT2D eigenvalue weighted by Gasteiger charge is 2.34. The van der Waals surface area contributed by atoms with Gasteiger partial charge in [-0.15, -0.1) is 0 Å². The van der Waals surface area contributed by atoms with E-state index in [4.69, 9.17) is 0 Å². The lowest BCUT2D eigenvalue weighted by molar-refractivity contribution is 0.662. The lowest BCUT2D eigenvalue weighted by atomic mass is 9.80. The van der Waals surface area contributed by atoms with Crippen molar-refractivity contribution in [1.82, 2.24) is 0 Å². The standard InChI is InChI=1S/C28H22/c1-17-13-19-11-12-20-15-21(23-10-6-8-18-7-4-5-9-22(18)23)16-25-27(20)26(19)24(14-17)28(25,2)3/h4-16H,1-3H3. The lowest BCUT2D eigenvalue weighted by Crippen LogP contribution is -2.15. The predicted octanol–water partition coefficient (Wildman–Crippen LogP) is 7.76. The highest BCUT2D eigenvalue weighted by atomic mass is 14.4. The van der Waals surface area contributed by atoms with Crippen molar-refractivity contribution in [1.29, 1.82) is 0 Å². The van der Waals surface area contributed by atoms with Crippen LogP contribution in [0.1, 0.15) is 30.5 Å². The Morgan fingerprint density at radius 1 is 0.607 bits per heavy atom. The van der Waals surface area contributed by atoms with E-state index in [0.717, 1.165) is 0 Å². The molecule has 0 aromatic heterocycles. The Kier molecular flexibility index (Phi) is 2.97. The van der Waals surface area contributed by atoms with Crippen molar-refractivity contribution < 1.29 is 0 Å². The van der Waals surface area contributed by atoms with Gasteiger partial charge in [0.2, 0.25) is 0 Å². The van der Waals surface area contributed by atoms with Crippen LogP contribution in [-0.4, -0.2) is 0 Å². The van der Waals surface area contributed by atoms with E-state index in [-0.39, 0.29) is 5.41 Å². The van der Waals surface area contributed by atoms with E-state index in [1.807, 2.05) is 0 Å². The van der Waals surface area contributed by atoms with Gasteiger partial charge in [0, 0.05) is 5.41 Å². The highest BCUT2D eigenvalue weighted by Crippen LogP contribution is 2.50. The number of hydrogen-bond acceptors (Lipinski definition) is 0. The summed E-state index contributed by atoms with van der Waals surface area (Å²) in [6, 6.07) is 29.5. The molecule has 0 unspecified atom stereocenters. The second-order valence-electron chi connectivity index (χ2n) is 8.75. The molecule has 0 nitrogen and oxygen atoms in total. The maximum Gasteiger partial charge on any atom is 0.0159 e. The molecule has 28 heavy (non-hydrogen) atoms. The molecule has 0 atom stereocenters. The van der Waals surface area contributed by atoms with Gasteiger partial charge in [-0.1, -0.05) is 86.1 Å². The van der Waals surface area contributed by atoms with Crippen LogP contribution in [0.5, 0.6) is 0 Å². The van der Waals surface area contributed by atoms with Crippen LogP contribution >= 0.6 is 0 Å². The summed E-state index contributed by atoms with van der Waals surface area (Å²) in [6.45, 7) is 6.96. The Hall–Kier alpha value is -3.12. The highest BCUT2D eigenvalue weighted by molar-refractivity contribution is 6.16. The van der Waals surface area contributed by atoms with E-state index in [9.17, 15) is 0 Å². The van der Waals surface area contributed by atoms with Crippen molar-refractivity contribution in [2.75, 3.05) is 0 Å². The minimum absolute atomic E-state index is 0.0206.